The van der Waals surface area contributed by atoms with Gasteiger partial charge in [-0.1, -0.05) is 11.6 Å². The van der Waals surface area contributed by atoms with Crippen LogP contribution in [0.1, 0.15) is 26.2 Å². The van der Waals surface area contributed by atoms with Gasteiger partial charge in [-0.05, 0) is 25.8 Å². The zero-order valence-corrected chi connectivity index (χ0v) is 6.76. The van der Waals surface area contributed by atoms with E-state index in [0.29, 0.717) is 6.42 Å². The highest BCUT2D eigenvalue weighted by Crippen LogP contribution is 2.17. The van der Waals surface area contributed by atoms with Crippen LogP contribution in [-0.4, -0.2) is 5.78 Å². The largest absolute Gasteiger partial charge is 0.399 e. The molecule has 0 saturated heterocycles. The van der Waals surface area contributed by atoms with Gasteiger partial charge in [-0.25, -0.2) is 0 Å². The summed E-state index contributed by atoms with van der Waals surface area (Å²) in [6.45, 7) is 1.61. The molecule has 0 fully saturated rings. The Kier molecular flexibility index (Phi) is 2.47. The monoisotopic (exact) mass is 151 g/mol. The fourth-order valence-electron chi connectivity index (χ4n) is 1.25. The van der Waals surface area contributed by atoms with Crippen molar-refractivity contribution >= 4 is 5.78 Å². The summed E-state index contributed by atoms with van der Waals surface area (Å²) in [5, 5.41) is 0. The van der Waals surface area contributed by atoms with Crippen molar-refractivity contribution < 1.29 is 4.79 Å². The minimum atomic E-state index is 0.214. The van der Waals surface area contributed by atoms with Gasteiger partial charge in [0.2, 0.25) is 0 Å². The number of allylic oxidation sites excluding steroid dienone is 3. The first-order valence-electron chi connectivity index (χ1n) is 3.83. The quantitative estimate of drug-likeness (QED) is 0.650. The first-order chi connectivity index (χ1) is 5.18. The molecular formula is C9H13NO. The van der Waals surface area contributed by atoms with Gasteiger partial charge in [0.1, 0.15) is 5.78 Å². The SMILES string of the molecule is CC(=O)CC1=CC(N)=CCC1. The standard InChI is InChI=1S/C9H13NO/c1-7(11)5-8-3-2-4-9(10)6-8/h4,6H,2-3,5,10H2,1H3. The highest BCUT2D eigenvalue weighted by molar-refractivity contribution is 5.78. The number of ketones is 1. The van der Waals surface area contributed by atoms with E-state index < -0.39 is 0 Å². The lowest BCUT2D eigenvalue weighted by Gasteiger charge is -2.08. The average Bonchev–Trinajstić information content (AvgIpc) is 1.85. The van der Waals surface area contributed by atoms with Crippen LogP contribution in [0.3, 0.4) is 0 Å². The van der Waals surface area contributed by atoms with Crippen molar-refractivity contribution in [2.24, 2.45) is 5.73 Å². The van der Waals surface area contributed by atoms with Crippen molar-refractivity contribution in [1.29, 1.82) is 0 Å². The zero-order chi connectivity index (χ0) is 8.27. The van der Waals surface area contributed by atoms with Crippen LogP contribution in [0.4, 0.5) is 0 Å². The van der Waals surface area contributed by atoms with E-state index in [-0.39, 0.29) is 5.78 Å². The van der Waals surface area contributed by atoms with Crippen LogP contribution in [0, 0.1) is 0 Å². The first-order valence-corrected chi connectivity index (χ1v) is 3.83. The molecule has 0 heterocycles. The molecule has 0 aromatic rings. The molecule has 0 unspecified atom stereocenters. The van der Waals surface area contributed by atoms with E-state index in [1.165, 1.54) is 0 Å². The molecule has 2 heteroatoms. The summed E-state index contributed by atoms with van der Waals surface area (Å²) in [4.78, 5) is 10.7. The Morgan fingerprint density at radius 3 is 3.00 bits per heavy atom. The van der Waals surface area contributed by atoms with Gasteiger partial charge >= 0.3 is 0 Å². The van der Waals surface area contributed by atoms with Crippen LogP contribution in [0.2, 0.25) is 0 Å². The Labute approximate surface area is 66.8 Å². The molecule has 0 aromatic heterocycles. The second kappa shape index (κ2) is 3.37. The van der Waals surface area contributed by atoms with E-state index in [4.69, 9.17) is 5.73 Å². The van der Waals surface area contributed by atoms with Gasteiger partial charge in [0.25, 0.3) is 0 Å². The van der Waals surface area contributed by atoms with Gasteiger partial charge in [-0.15, -0.1) is 0 Å². The summed E-state index contributed by atoms with van der Waals surface area (Å²) in [5.41, 5.74) is 7.54. The highest BCUT2D eigenvalue weighted by atomic mass is 16.1. The Hall–Kier alpha value is -1.05. The molecular weight excluding hydrogens is 138 g/mol. The van der Waals surface area contributed by atoms with Crippen LogP contribution in [0.5, 0.6) is 0 Å². The van der Waals surface area contributed by atoms with Crippen LogP contribution in [-0.2, 0) is 4.79 Å². The van der Waals surface area contributed by atoms with Gasteiger partial charge in [0.15, 0.2) is 0 Å². The summed E-state index contributed by atoms with van der Waals surface area (Å²) in [6.07, 6.45) is 6.42. The van der Waals surface area contributed by atoms with Crippen molar-refractivity contribution in [3.05, 3.63) is 23.4 Å². The molecule has 1 aliphatic carbocycles. The number of nitrogens with two attached hydrogens (primary N) is 1. The lowest BCUT2D eigenvalue weighted by molar-refractivity contribution is -0.116. The van der Waals surface area contributed by atoms with Crippen LogP contribution >= 0.6 is 0 Å². The van der Waals surface area contributed by atoms with Crippen LogP contribution < -0.4 is 5.73 Å². The molecule has 1 aliphatic rings. The molecule has 0 amide bonds. The maximum Gasteiger partial charge on any atom is 0.133 e. The topological polar surface area (TPSA) is 43.1 Å². The molecule has 2 N–H and O–H groups in total. The molecule has 0 aliphatic heterocycles. The third-order valence-corrected chi connectivity index (χ3v) is 1.69. The molecule has 1 rings (SSSR count). The lowest BCUT2D eigenvalue weighted by atomic mass is 9.99. The summed E-state index contributed by atoms with van der Waals surface area (Å²) in [7, 11) is 0. The van der Waals surface area contributed by atoms with Crippen molar-refractivity contribution in [2.75, 3.05) is 0 Å². The van der Waals surface area contributed by atoms with E-state index in [0.717, 1.165) is 24.1 Å². The Morgan fingerprint density at radius 2 is 2.45 bits per heavy atom. The lowest BCUT2D eigenvalue weighted by Crippen LogP contribution is -2.02. The third-order valence-electron chi connectivity index (χ3n) is 1.69. The number of hydrogen-bond donors (Lipinski definition) is 1. The number of carbonyl (C=O) groups excluding carboxylic acids is 1. The molecule has 0 saturated carbocycles. The number of hydrogen-bond acceptors (Lipinski definition) is 2. The van der Waals surface area contributed by atoms with Crippen molar-refractivity contribution in [3.63, 3.8) is 0 Å². The van der Waals surface area contributed by atoms with E-state index in [1.54, 1.807) is 6.92 Å². The number of carbonyl (C=O) groups is 1. The predicted octanol–water partition coefficient (Wildman–Crippen LogP) is 1.53. The zero-order valence-electron chi connectivity index (χ0n) is 6.76. The fraction of sp³-hybridized carbons (Fsp3) is 0.444. The molecule has 11 heavy (non-hydrogen) atoms. The Bertz CT molecular complexity index is 226. The molecule has 0 bridgehead atoms. The number of Topliss-reactive ketones (excluding diaryl/α,β-unsaturated/α-hetero) is 1. The van der Waals surface area contributed by atoms with E-state index in [1.807, 2.05) is 12.2 Å². The van der Waals surface area contributed by atoms with Gasteiger partial charge in [-0.3, -0.25) is 4.79 Å². The van der Waals surface area contributed by atoms with E-state index in [9.17, 15) is 4.79 Å². The van der Waals surface area contributed by atoms with Gasteiger partial charge < -0.3 is 5.73 Å². The number of rotatable bonds is 2. The Morgan fingerprint density at radius 1 is 1.73 bits per heavy atom. The maximum absolute atomic E-state index is 10.7. The normalized spacial score (nSPS) is 17.2. The van der Waals surface area contributed by atoms with Crippen LogP contribution in [0.15, 0.2) is 23.4 Å². The summed E-state index contributed by atoms with van der Waals surface area (Å²) in [6, 6.07) is 0. The first kappa shape index (κ1) is 8.05. The van der Waals surface area contributed by atoms with Crippen LogP contribution in [0.25, 0.3) is 0 Å². The van der Waals surface area contributed by atoms with Gasteiger partial charge in [0.05, 0.1) is 0 Å². The minimum absolute atomic E-state index is 0.214. The second-order valence-electron chi connectivity index (χ2n) is 2.92. The molecule has 2 nitrogen and oxygen atoms in total. The van der Waals surface area contributed by atoms with Crippen molar-refractivity contribution in [2.45, 2.75) is 26.2 Å². The highest BCUT2D eigenvalue weighted by Gasteiger charge is 2.04. The molecule has 0 atom stereocenters. The minimum Gasteiger partial charge on any atom is -0.399 e. The summed E-state index contributed by atoms with van der Waals surface area (Å²) in [5.74, 6) is 0.214. The Balaban J connectivity index is 2.58. The molecule has 60 valence electrons. The second-order valence-corrected chi connectivity index (χ2v) is 2.92. The summed E-state index contributed by atoms with van der Waals surface area (Å²) >= 11 is 0. The molecule has 0 spiro atoms. The smallest absolute Gasteiger partial charge is 0.133 e. The van der Waals surface area contributed by atoms with Crippen molar-refractivity contribution in [3.8, 4) is 0 Å². The predicted molar refractivity (Wildman–Crippen MR) is 44.9 cm³/mol. The fourth-order valence-corrected chi connectivity index (χ4v) is 1.25. The summed E-state index contributed by atoms with van der Waals surface area (Å²) < 4.78 is 0. The maximum atomic E-state index is 10.7. The molecule has 0 aromatic carbocycles. The van der Waals surface area contributed by atoms with Crippen molar-refractivity contribution in [1.82, 2.24) is 0 Å². The average molecular weight is 151 g/mol. The third kappa shape index (κ3) is 2.58. The van der Waals surface area contributed by atoms with Gasteiger partial charge in [0, 0.05) is 12.1 Å². The van der Waals surface area contributed by atoms with Gasteiger partial charge in [-0.2, -0.15) is 0 Å². The van der Waals surface area contributed by atoms with E-state index in [2.05, 4.69) is 0 Å². The molecule has 0 radical (unpaired) electrons. The van der Waals surface area contributed by atoms with E-state index >= 15 is 0 Å².